The number of hydrogen-bond donors (Lipinski definition) is 1. The molecule has 0 spiro atoms. The Morgan fingerprint density at radius 2 is 1.67 bits per heavy atom. The lowest BCUT2D eigenvalue weighted by Gasteiger charge is -2.37. The minimum Gasteiger partial charge on any atom is -0.392 e. The summed E-state index contributed by atoms with van der Waals surface area (Å²) >= 11 is 0. The van der Waals surface area contributed by atoms with Gasteiger partial charge < -0.3 is 10.0 Å². The smallest absolute Gasteiger partial charge is 0.0620 e. The van der Waals surface area contributed by atoms with E-state index in [-0.39, 0.29) is 6.10 Å². The molecule has 1 saturated heterocycles. The van der Waals surface area contributed by atoms with Crippen molar-refractivity contribution in [1.29, 1.82) is 0 Å². The number of aliphatic hydroxyl groups is 1. The summed E-state index contributed by atoms with van der Waals surface area (Å²) in [6.07, 6.45) is 2.50. The Balaban J connectivity index is 2.02. The van der Waals surface area contributed by atoms with Gasteiger partial charge in [0.25, 0.3) is 0 Å². The van der Waals surface area contributed by atoms with Gasteiger partial charge in [-0.1, -0.05) is 0 Å². The SMILES string of the molecule is CC(C)N1CC2CC[C@H](C1)[C@@H]2O. The molecule has 2 heteroatoms. The van der Waals surface area contributed by atoms with Gasteiger partial charge in [0.15, 0.2) is 0 Å². The molecule has 12 heavy (non-hydrogen) atoms. The molecule has 1 saturated carbocycles. The Morgan fingerprint density at radius 3 is 2.08 bits per heavy atom. The van der Waals surface area contributed by atoms with Crippen molar-refractivity contribution in [3.8, 4) is 0 Å². The van der Waals surface area contributed by atoms with Crippen molar-refractivity contribution in [2.45, 2.75) is 38.8 Å². The van der Waals surface area contributed by atoms with Crippen LogP contribution in [0.5, 0.6) is 0 Å². The predicted octanol–water partition coefficient (Wildman–Crippen LogP) is 1.10. The normalized spacial score (nSPS) is 42.5. The summed E-state index contributed by atoms with van der Waals surface area (Å²) in [5, 5.41) is 9.78. The molecular weight excluding hydrogens is 150 g/mol. The first-order valence-electron chi connectivity index (χ1n) is 5.10. The summed E-state index contributed by atoms with van der Waals surface area (Å²) in [6.45, 7) is 6.74. The number of rotatable bonds is 1. The fraction of sp³-hybridized carbons (Fsp3) is 1.00. The summed E-state index contributed by atoms with van der Waals surface area (Å²) in [5.74, 6) is 1.15. The molecule has 1 aliphatic heterocycles. The van der Waals surface area contributed by atoms with Crippen LogP contribution in [0.1, 0.15) is 26.7 Å². The van der Waals surface area contributed by atoms with Crippen LogP contribution in [0.15, 0.2) is 0 Å². The highest BCUT2D eigenvalue weighted by Gasteiger charge is 2.41. The predicted molar refractivity (Wildman–Crippen MR) is 48.9 cm³/mol. The van der Waals surface area contributed by atoms with Gasteiger partial charge in [0.2, 0.25) is 0 Å². The van der Waals surface area contributed by atoms with E-state index in [0.717, 1.165) is 13.1 Å². The topological polar surface area (TPSA) is 23.5 Å². The van der Waals surface area contributed by atoms with Gasteiger partial charge in [0.05, 0.1) is 6.10 Å². The summed E-state index contributed by atoms with van der Waals surface area (Å²) in [7, 11) is 0. The van der Waals surface area contributed by atoms with Gasteiger partial charge in [0, 0.05) is 19.1 Å². The van der Waals surface area contributed by atoms with Crippen LogP contribution < -0.4 is 0 Å². The maximum absolute atomic E-state index is 9.78. The lowest BCUT2D eigenvalue weighted by atomic mass is 9.94. The molecule has 3 atom stereocenters. The number of likely N-dealkylation sites (tertiary alicyclic amines) is 1. The molecule has 2 bridgehead atoms. The Labute approximate surface area is 74.6 Å². The standard InChI is InChI=1S/C10H19NO/c1-7(2)11-5-8-3-4-9(6-11)10(8)12/h7-10,12H,3-6H2,1-2H3/t8-,9?,10+/m1/s1. The van der Waals surface area contributed by atoms with Gasteiger partial charge in [-0.3, -0.25) is 0 Å². The largest absolute Gasteiger partial charge is 0.392 e. The molecule has 0 aromatic rings. The summed E-state index contributed by atoms with van der Waals surface area (Å²) in [5.41, 5.74) is 0. The first-order valence-corrected chi connectivity index (χ1v) is 5.10. The molecule has 1 heterocycles. The Kier molecular flexibility index (Phi) is 2.13. The van der Waals surface area contributed by atoms with E-state index in [9.17, 15) is 5.11 Å². The second-order valence-electron chi connectivity index (χ2n) is 4.64. The lowest BCUT2D eigenvalue weighted by Crippen LogP contribution is -2.47. The molecule has 2 rings (SSSR count). The average Bonchev–Trinajstić information content (AvgIpc) is 2.30. The Bertz CT molecular complexity index is 155. The van der Waals surface area contributed by atoms with E-state index in [4.69, 9.17) is 0 Å². The van der Waals surface area contributed by atoms with Crippen LogP contribution in [0.25, 0.3) is 0 Å². The van der Waals surface area contributed by atoms with Gasteiger partial charge in [-0.05, 0) is 38.5 Å². The van der Waals surface area contributed by atoms with Crippen molar-refractivity contribution in [3.63, 3.8) is 0 Å². The van der Waals surface area contributed by atoms with Crippen molar-refractivity contribution >= 4 is 0 Å². The maximum atomic E-state index is 9.78. The molecule has 0 aromatic heterocycles. The van der Waals surface area contributed by atoms with Gasteiger partial charge in [-0.2, -0.15) is 0 Å². The van der Waals surface area contributed by atoms with Crippen LogP contribution in [0.4, 0.5) is 0 Å². The van der Waals surface area contributed by atoms with Gasteiger partial charge in [-0.15, -0.1) is 0 Å². The first-order chi connectivity index (χ1) is 5.68. The minimum absolute atomic E-state index is 0.0139. The molecule has 0 radical (unpaired) electrons. The fourth-order valence-electron chi connectivity index (χ4n) is 2.65. The highest BCUT2D eigenvalue weighted by atomic mass is 16.3. The highest BCUT2D eigenvalue weighted by Crippen LogP contribution is 2.37. The van der Waals surface area contributed by atoms with Crippen molar-refractivity contribution in [2.24, 2.45) is 11.8 Å². The lowest BCUT2D eigenvalue weighted by molar-refractivity contribution is 0.00571. The molecule has 0 aromatic carbocycles. The highest BCUT2D eigenvalue weighted by molar-refractivity contribution is 4.93. The maximum Gasteiger partial charge on any atom is 0.0620 e. The van der Waals surface area contributed by atoms with E-state index < -0.39 is 0 Å². The number of nitrogens with zero attached hydrogens (tertiary/aromatic N) is 1. The Morgan fingerprint density at radius 1 is 1.17 bits per heavy atom. The van der Waals surface area contributed by atoms with E-state index in [1.807, 2.05) is 0 Å². The second kappa shape index (κ2) is 3.00. The third kappa shape index (κ3) is 1.27. The molecule has 1 N–H and O–H groups in total. The van der Waals surface area contributed by atoms with Crippen molar-refractivity contribution in [1.82, 2.24) is 4.90 Å². The van der Waals surface area contributed by atoms with Crippen LogP contribution >= 0.6 is 0 Å². The van der Waals surface area contributed by atoms with Crippen LogP contribution in [-0.4, -0.2) is 35.2 Å². The van der Waals surface area contributed by atoms with E-state index in [1.54, 1.807) is 0 Å². The number of aliphatic hydroxyl groups excluding tert-OH is 1. The molecule has 0 amide bonds. The summed E-state index contributed by atoms with van der Waals surface area (Å²) in [4.78, 5) is 2.51. The van der Waals surface area contributed by atoms with Gasteiger partial charge >= 0.3 is 0 Å². The van der Waals surface area contributed by atoms with E-state index in [0.29, 0.717) is 17.9 Å². The summed E-state index contributed by atoms with van der Waals surface area (Å²) in [6, 6.07) is 0.653. The second-order valence-corrected chi connectivity index (χ2v) is 4.64. The molecule has 2 fully saturated rings. The van der Waals surface area contributed by atoms with Crippen LogP contribution in [0, 0.1) is 11.8 Å². The van der Waals surface area contributed by atoms with Crippen molar-refractivity contribution in [3.05, 3.63) is 0 Å². The molecular formula is C10H19NO. The minimum atomic E-state index is 0.0139. The third-order valence-electron chi connectivity index (χ3n) is 3.54. The number of fused-ring (bicyclic) bond motifs is 2. The zero-order valence-corrected chi connectivity index (χ0v) is 8.03. The van der Waals surface area contributed by atoms with Gasteiger partial charge in [-0.25, -0.2) is 0 Å². The molecule has 1 aliphatic carbocycles. The van der Waals surface area contributed by atoms with E-state index in [1.165, 1.54) is 12.8 Å². The van der Waals surface area contributed by atoms with E-state index >= 15 is 0 Å². The quantitative estimate of drug-likeness (QED) is 0.635. The number of hydrogen-bond acceptors (Lipinski definition) is 2. The fourth-order valence-corrected chi connectivity index (χ4v) is 2.65. The first kappa shape index (κ1) is 8.52. The molecule has 1 unspecified atom stereocenters. The van der Waals surface area contributed by atoms with Crippen LogP contribution in [0.3, 0.4) is 0 Å². The zero-order valence-electron chi connectivity index (χ0n) is 8.03. The van der Waals surface area contributed by atoms with Crippen LogP contribution in [0.2, 0.25) is 0 Å². The zero-order chi connectivity index (χ0) is 8.72. The van der Waals surface area contributed by atoms with E-state index in [2.05, 4.69) is 18.7 Å². The Hall–Kier alpha value is -0.0800. The van der Waals surface area contributed by atoms with Crippen molar-refractivity contribution in [2.75, 3.05) is 13.1 Å². The average molecular weight is 169 g/mol. The monoisotopic (exact) mass is 169 g/mol. The van der Waals surface area contributed by atoms with Crippen molar-refractivity contribution < 1.29 is 5.11 Å². The number of piperidine rings is 1. The van der Waals surface area contributed by atoms with Gasteiger partial charge in [0.1, 0.15) is 0 Å². The van der Waals surface area contributed by atoms with Crippen LogP contribution in [-0.2, 0) is 0 Å². The third-order valence-corrected chi connectivity index (χ3v) is 3.54. The summed E-state index contributed by atoms with van der Waals surface area (Å²) < 4.78 is 0. The molecule has 2 nitrogen and oxygen atoms in total. The molecule has 2 aliphatic rings. The molecule has 70 valence electrons.